The third kappa shape index (κ3) is 4.44. The maximum Gasteiger partial charge on any atom is 0.315 e. The van der Waals surface area contributed by atoms with Crippen molar-refractivity contribution in [3.05, 3.63) is 39.1 Å². The third-order valence-corrected chi connectivity index (χ3v) is 4.94. The molecule has 0 aliphatic carbocycles. The van der Waals surface area contributed by atoms with Crippen LogP contribution in [0.25, 0.3) is 0 Å². The molecule has 0 radical (unpaired) electrons. The van der Waals surface area contributed by atoms with Crippen LogP contribution in [0.2, 0.25) is 0 Å². The summed E-state index contributed by atoms with van der Waals surface area (Å²) in [6.45, 7) is 8.88. The molecule has 0 saturated heterocycles. The summed E-state index contributed by atoms with van der Waals surface area (Å²) in [5.74, 6) is 1.00. The number of hydrogen-bond donors (Lipinski definition) is 2. The summed E-state index contributed by atoms with van der Waals surface area (Å²) in [6, 6.07) is -0.212. The van der Waals surface area contributed by atoms with E-state index in [1.54, 1.807) is 24.6 Å². The van der Waals surface area contributed by atoms with Gasteiger partial charge in [0.05, 0.1) is 24.4 Å². The number of methoxy groups -OCH3 is 1. The molecule has 0 bridgehead atoms. The van der Waals surface area contributed by atoms with Crippen LogP contribution in [0, 0.1) is 20.8 Å². The lowest BCUT2D eigenvalue weighted by Crippen LogP contribution is -2.37. The fraction of sp³-hybridized carbons (Fsp3) is 0.471. The summed E-state index contributed by atoms with van der Waals surface area (Å²) in [7, 11) is 1.64. The number of nitrogens with one attached hydrogen (secondary N) is 2. The summed E-state index contributed by atoms with van der Waals surface area (Å²) in [5, 5.41) is 6.75. The number of carbonyl (C=O) groups is 1. The van der Waals surface area contributed by atoms with Crippen LogP contribution in [0.1, 0.15) is 39.5 Å². The van der Waals surface area contributed by atoms with Gasteiger partial charge < -0.3 is 15.4 Å². The number of aryl methyl sites for hydroxylation is 2. The summed E-state index contributed by atoms with van der Waals surface area (Å²) in [4.78, 5) is 21.9. The maximum atomic E-state index is 12.0. The predicted molar refractivity (Wildman–Crippen MR) is 95.8 cm³/mol. The minimum absolute atomic E-state index is 0.189. The van der Waals surface area contributed by atoms with E-state index in [0.29, 0.717) is 13.1 Å². The van der Waals surface area contributed by atoms with Crippen molar-refractivity contribution in [2.75, 3.05) is 13.7 Å². The van der Waals surface area contributed by atoms with Crippen LogP contribution < -0.4 is 15.4 Å². The van der Waals surface area contributed by atoms with E-state index in [1.807, 2.05) is 27.0 Å². The average Bonchev–Trinajstić information content (AvgIpc) is 2.99. The lowest BCUT2D eigenvalue weighted by atomic mass is 10.1. The molecule has 0 fully saturated rings. The Hall–Kier alpha value is -2.15. The van der Waals surface area contributed by atoms with Crippen molar-refractivity contribution < 1.29 is 9.53 Å². The highest BCUT2D eigenvalue weighted by molar-refractivity contribution is 7.11. The van der Waals surface area contributed by atoms with Crippen molar-refractivity contribution in [2.45, 2.75) is 40.2 Å². The number of pyridine rings is 1. The first kappa shape index (κ1) is 18.2. The predicted octanol–water partition coefficient (Wildman–Crippen LogP) is 3.07. The lowest BCUT2D eigenvalue weighted by molar-refractivity contribution is 0.240. The minimum atomic E-state index is -0.212. The molecule has 0 aliphatic rings. The van der Waals surface area contributed by atoms with E-state index >= 15 is 0 Å². The van der Waals surface area contributed by atoms with Crippen LogP contribution in [0.15, 0.2) is 12.4 Å². The minimum Gasteiger partial charge on any atom is -0.496 e. The molecule has 0 spiro atoms. The number of amides is 2. The average molecular weight is 348 g/mol. The van der Waals surface area contributed by atoms with Crippen molar-refractivity contribution in [3.8, 4) is 5.75 Å². The molecule has 2 rings (SSSR count). The van der Waals surface area contributed by atoms with Gasteiger partial charge in [0.1, 0.15) is 5.75 Å². The highest BCUT2D eigenvalue weighted by Crippen LogP contribution is 2.23. The van der Waals surface area contributed by atoms with E-state index in [9.17, 15) is 4.79 Å². The zero-order valence-corrected chi connectivity index (χ0v) is 15.6. The molecule has 1 atom stereocenters. The molecule has 0 aromatic carbocycles. The molecule has 7 heteroatoms. The Morgan fingerprint density at radius 1 is 1.25 bits per heavy atom. The van der Waals surface area contributed by atoms with Crippen LogP contribution >= 0.6 is 11.3 Å². The highest BCUT2D eigenvalue weighted by Gasteiger charge is 2.13. The molecule has 2 aromatic heterocycles. The molecule has 0 unspecified atom stereocenters. The second-order valence-electron chi connectivity index (χ2n) is 5.82. The third-order valence-electron chi connectivity index (χ3n) is 3.80. The van der Waals surface area contributed by atoms with E-state index in [0.717, 1.165) is 27.6 Å². The monoisotopic (exact) mass is 348 g/mol. The van der Waals surface area contributed by atoms with Gasteiger partial charge in [-0.05, 0) is 20.8 Å². The zero-order chi connectivity index (χ0) is 17.7. The van der Waals surface area contributed by atoms with Gasteiger partial charge in [-0.1, -0.05) is 6.92 Å². The number of nitrogens with zero attached hydrogens (tertiary/aromatic N) is 2. The molecule has 2 N–H and O–H groups in total. The Morgan fingerprint density at radius 2 is 2.00 bits per heavy atom. The van der Waals surface area contributed by atoms with E-state index in [2.05, 4.69) is 27.5 Å². The van der Waals surface area contributed by atoms with E-state index in [1.165, 1.54) is 4.88 Å². The van der Waals surface area contributed by atoms with Crippen LogP contribution in [-0.2, 0) is 6.54 Å². The number of hydrogen-bond acceptors (Lipinski definition) is 5. The molecule has 0 aliphatic heterocycles. The standard InChI is InChI=1S/C17H24N4O2S/c1-10-6-18-14(13(4)15(10)23-5)9-21-17(22)20-7-11(2)16-19-8-12(3)24-16/h6,8,11H,7,9H2,1-5H3,(H2,20,21,22)/t11-/m0/s1. The van der Waals surface area contributed by atoms with E-state index < -0.39 is 0 Å². The summed E-state index contributed by atoms with van der Waals surface area (Å²) >= 11 is 1.66. The smallest absolute Gasteiger partial charge is 0.315 e. The van der Waals surface area contributed by atoms with Gasteiger partial charge in [0.15, 0.2) is 0 Å². The first-order valence-electron chi connectivity index (χ1n) is 7.85. The Bertz CT molecular complexity index is 715. The fourth-order valence-electron chi connectivity index (χ4n) is 2.41. The molecule has 2 heterocycles. The first-order valence-corrected chi connectivity index (χ1v) is 8.67. The number of carbonyl (C=O) groups excluding carboxylic acids is 1. The van der Waals surface area contributed by atoms with Gasteiger partial charge >= 0.3 is 6.03 Å². The molecular formula is C17H24N4O2S. The molecule has 2 amide bonds. The van der Waals surface area contributed by atoms with Gasteiger partial charge in [-0.3, -0.25) is 4.98 Å². The van der Waals surface area contributed by atoms with Gasteiger partial charge in [0.25, 0.3) is 0 Å². The Balaban J connectivity index is 1.85. The lowest BCUT2D eigenvalue weighted by Gasteiger charge is -2.14. The molecular weight excluding hydrogens is 324 g/mol. The second-order valence-corrected chi connectivity index (χ2v) is 7.09. The van der Waals surface area contributed by atoms with E-state index in [4.69, 9.17) is 4.74 Å². The number of urea groups is 1. The number of aromatic nitrogens is 2. The van der Waals surface area contributed by atoms with Gasteiger partial charge in [0.2, 0.25) is 0 Å². The SMILES string of the molecule is COc1c(C)cnc(CNC(=O)NC[C@H](C)c2ncc(C)s2)c1C. The van der Waals surface area contributed by atoms with E-state index in [-0.39, 0.29) is 11.9 Å². The summed E-state index contributed by atoms with van der Waals surface area (Å²) in [5.41, 5.74) is 2.73. The largest absolute Gasteiger partial charge is 0.496 e. The quantitative estimate of drug-likeness (QED) is 0.841. The van der Waals surface area contributed by atoms with Gasteiger partial charge in [-0.25, -0.2) is 9.78 Å². The van der Waals surface area contributed by atoms with Crippen LogP contribution in [-0.4, -0.2) is 29.7 Å². The molecule has 130 valence electrons. The van der Waals surface area contributed by atoms with Gasteiger partial charge in [-0.2, -0.15) is 0 Å². The van der Waals surface area contributed by atoms with Gasteiger partial charge in [0, 0.05) is 40.9 Å². The van der Waals surface area contributed by atoms with Crippen molar-refractivity contribution in [3.63, 3.8) is 0 Å². The van der Waals surface area contributed by atoms with Crippen molar-refractivity contribution in [1.29, 1.82) is 0 Å². The second kappa shape index (κ2) is 8.10. The summed E-state index contributed by atoms with van der Waals surface area (Å²) in [6.07, 6.45) is 3.61. The topological polar surface area (TPSA) is 76.1 Å². The van der Waals surface area contributed by atoms with Crippen LogP contribution in [0.5, 0.6) is 5.75 Å². The number of thiazole rings is 1. The zero-order valence-electron chi connectivity index (χ0n) is 14.8. The number of ether oxygens (including phenoxy) is 1. The first-order chi connectivity index (χ1) is 11.4. The van der Waals surface area contributed by atoms with Crippen molar-refractivity contribution in [1.82, 2.24) is 20.6 Å². The van der Waals surface area contributed by atoms with Crippen LogP contribution in [0.4, 0.5) is 4.79 Å². The molecule has 2 aromatic rings. The maximum absolute atomic E-state index is 12.0. The molecule has 24 heavy (non-hydrogen) atoms. The summed E-state index contributed by atoms with van der Waals surface area (Å²) < 4.78 is 5.38. The van der Waals surface area contributed by atoms with Crippen LogP contribution in [0.3, 0.4) is 0 Å². The Kier molecular flexibility index (Phi) is 6.14. The molecule has 6 nitrogen and oxygen atoms in total. The van der Waals surface area contributed by atoms with Crippen molar-refractivity contribution in [2.24, 2.45) is 0 Å². The Morgan fingerprint density at radius 3 is 2.62 bits per heavy atom. The Labute approximate surface area is 146 Å². The highest BCUT2D eigenvalue weighted by atomic mass is 32.1. The number of rotatable bonds is 6. The van der Waals surface area contributed by atoms with Crippen molar-refractivity contribution >= 4 is 17.4 Å². The van der Waals surface area contributed by atoms with Gasteiger partial charge in [-0.15, -0.1) is 11.3 Å². The normalized spacial score (nSPS) is 11.9. The fourth-order valence-corrected chi connectivity index (χ4v) is 3.23. The molecule has 0 saturated carbocycles.